The van der Waals surface area contributed by atoms with Crippen molar-refractivity contribution in [1.29, 1.82) is 0 Å². The van der Waals surface area contributed by atoms with Gasteiger partial charge in [-0.2, -0.15) is 13.7 Å². The molecule has 0 bridgehead atoms. The molecule has 0 amide bonds. The fourth-order valence-electron chi connectivity index (χ4n) is 16.1. The topological polar surface area (TPSA) is 39.6 Å². The summed E-state index contributed by atoms with van der Waals surface area (Å²) >= 11 is 0. The number of imidazole rings is 3. The second-order valence-corrected chi connectivity index (χ2v) is 28.8. The molecule has 4 aromatic heterocycles. The molecule has 0 fully saturated rings. The van der Waals surface area contributed by atoms with E-state index in [1.807, 2.05) is 6.07 Å². The molecular formula is C97H91N6O+3. The highest BCUT2D eigenvalue weighted by molar-refractivity contribution is 6.10. The highest BCUT2D eigenvalue weighted by Crippen LogP contribution is 2.44. The normalized spacial score (nSPS) is 11.5. The SMILES string of the molecule is Cc1cc(-c2ccccc2)cc(C)c1-n1c(-c2c(C)ccc3c2oc2ccccc23)[n+](C)c2ccccc21.Cc1ccccc1-c1n(-c2c(C(C)C)cc(-c3ccccc3)cc2C(C)C)c2ccccc2[n+]1C.Cc1ccccc1-c1n(-c2c(C)cc(-c3ccccc3)cc2C)c2ccccc2[n+]1C. The van der Waals surface area contributed by atoms with E-state index in [-0.39, 0.29) is 0 Å². The van der Waals surface area contributed by atoms with E-state index in [9.17, 15) is 0 Å². The van der Waals surface area contributed by atoms with Gasteiger partial charge < -0.3 is 4.42 Å². The van der Waals surface area contributed by atoms with Gasteiger partial charge in [0.25, 0.3) is 17.5 Å². The van der Waals surface area contributed by atoms with Crippen molar-refractivity contribution in [3.05, 3.63) is 335 Å². The van der Waals surface area contributed by atoms with E-state index >= 15 is 0 Å². The van der Waals surface area contributed by atoms with Gasteiger partial charge in [-0.05, 0) is 224 Å². The van der Waals surface area contributed by atoms with E-state index in [1.54, 1.807) is 0 Å². The zero-order chi connectivity index (χ0) is 72.2. The van der Waals surface area contributed by atoms with Crippen LogP contribution in [0.15, 0.2) is 290 Å². The summed E-state index contributed by atoms with van der Waals surface area (Å²) in [5.41, 5.74) is 35.7. The molecule has 0 aliphatic carbocycles. The predicted molar refractivity (Wildman–Crippen MR) is 435 cm³/mol. The Bertz CT molecular complexity index is 6020. The van der Waals surface area contributed by atoms with Gasteiger partial charge in [0.05, 0.1) is 32.3 Å². The number of fused-ring (bicyclic) bond motifs is 6. The number of hydrogen-bond donors (Lipinski definition) is 0. The Labute approximate surface area is 612 Å². The first-order valence-electron chi connectivity index (χ1n) is 36.6. The fraction of sp³-hybridized carbons (Fsp3) is 0.165. The van der Waals surface area contributed by atoms with Gasteiger partial charge in [-0.25, -0.2) is 13.7 Å². The minimum atomic E-state index is 0.377. The van der Waals surface area contributed by atoms with Gasteiger partial charge in [-0.15, -0.1) is 0 Å². The van der Waals surface area contributed by atoms with Gasteiger partial charge in [0.1, 0.15) is 28.2 Å². The number of rotatable bonds is 11. The first kappa shape index (κ1) is 67.9. The summed E-state index contributed by atoms with van der Waals surface area (Å²) in [6.07, 6.45) is 0. The molecule has 4 heterocycles. The van der Waals surface area contributed by atoms with E-state index in [4.69, 9.17) is 4.42 Å². The Hall–Kier alpha value is -11.9. The third-order valence-corrected chi connectivity index (χ3v) is 21.2. The van der Waals surface area contributed by atoms with Crippen LogP contribution in [-0.4, -0.2) is 13.7 Å². The molecule has 13 aromatic carbocycles. The van der Waals surface area contributed by atoms with Gasteiger partial charge >= 0.3 is 0 Å². The van der Waals surface area contributed by atoms with E-state index in [2.05, 4.69) is 404 Å². The maximum atomic E-state index is 6.57. The standard InChI is InChI=1S/C35H29N2O.C33H35N2.C29H27N2/c1-22-18-19-28-27-14-8-11-17-31(27)38-34(28)32(22)35-36(4)29-15-9-10-16-30(29)37(35)33-23(2)20-26(21-24(33)3)25-12-6-5-7-13-25;1-22(2)28-20-26(25-15-8-7-9-16-25)21-29(23(3)4)32(28)35-31-19-13-12-18-30(31)34(6)33(35)27-17-11-10-14-24(27)5;1-20-12-8-9-15-25(20)29-30(4)26-16-10-11-17-27(26)31(29)28-21(2)18-24(19-22(28)3)23-13-6-5-7-14-23/h5-21H,1-4H3;7-23H,1-6H3;5-19H,1-4H3/q3*+1. The van der Waals surface area contributed by atoms with Crippen LogP contribution in [0.4, 0.5) is 0 Å². The van der Waals surface area contributed by atoms with Crippen molar-refractivity contribution in [2.75, 3.05) is 0 Å². The first-order chi connectivity index (χ1) is 50.5. The van der Waals surface area contributed by atoms with E-state index in [0.717, 1.165) is 33.3 Å². The van der Waals surface area contributed by atoms with Gasteiger partial charge in [0, 0.05) is 21.9 Å². The number of furan rings is 1. The smallest absolute Gasteiger partial charge is 0.299 e. The number of nitrogens with zero attached hydrogens (tertiary/aromatic N) is 6. The molecule has 0 atom stereocenters. The predicted octanol–water partition coefficient (Wildman–Crippen LogP) is 23.7. The van der Waals surface area contributed by atoms with Crippen LogP contribution in [0, 0.1) is 48.5 Å². The average Bonchev–Trinajstić information content (AvgIpc) is 0.955. The van der Waals surface area contributed by atoms with Crippen LogP contribution >= 0.6 is 0 Å². The Balaban J connectivity index is 0.000000126. The molecule has 0 saturated heterocycles. The molecule has 0 unspecified atom stereocenters. The number of hydrogen-bond acceptors (Lipinski definition) is 1. The van der Waals surface area contributed by atoms with E-state index < -0.39 is 0 Å². The van der Waals surface area contributed by atoms with Crippen LogP contribution in [-0.2, 0) is 21.1 Å². The van der Waals surface area contributed by atoms with Gasteiger partial charge in [-0.3, -0.25) is 0 Å². The lowest BCUT2D eigenvalue weighted by Gasteiger charge is -2.21. The van der Waals surface area contributed by atoms with Crippen molar-refractivity contribution in [3.8, 4) is 84.6 Å². The summed E-state index contributed by atoms with van der Waals surface area (Å²) in [7, 11) is 6.53. The molecule has 0 N–H and O–H groups in total. The summed E-state index contributed by atoms with van der Waals surface area (Å²) in [4.78, 5) is 0. The van der Waals surface area contributed by atoms with Crippen molar-refractivity contribution >= 4 is 55.0 Å². The van der Waals surface area contributed by atoms with Crippen LogP contribution in [0.3, 0.4) is 0 Å². The molecule has 0 spiro atoms. The minimum Gasteiger partial charge on any atom is -0.455 e. The largest absolute Gasteiger partial charge is 0.455 e. The third kappa shape index (κ3) is 12.1. The molecule has 0 aliphatic heterocycles. The van der Waals surface area contributed by atoms with Crippen molar-refractivity contribution in [3.63, 3.8) is 0 Å². The monoisotopic (exact) mass is 1360 g/mol. The van der Waals surface area contributed by atoms with Crippen molar-refractivity contribution < 1.29 is 18.1 Å². The molecule has 7 nitrogen and oxygen atoms in total. The Morgan fingerprint density at radius 3 is 1.03 bits per heavy atom. The molecule has 512 valence electrons. The average molecular weight is 1360 g/mol. The summed E-state index contributed by atoms with van der Waals surface area (Å²) in [6.45, 7) is 24.8. The molecule has 0 radical (unpaired) electrons. The molecule has 0 aliphatic rings. The lowest BCUT2D eigenvalue weighted by Crippen LogP contribution is -2.30. The van der Waals surface area contributed by atoms with Crippen LogP contribution in [0.5, 0.6) is 0 Å². The molecule has 7 heteroatoms. The van der Waals surface area contributed by atoms with Gasteiger partial charge in [0.2, 0.25) is 0 Å². The van der Waals surface area contributed by atoms with Crippen LogP contribution in [0.2, 0.25) is 0 Å². The molecule has 104 heavy (non-hydrogen) atoms. The number of para-hydroxylation sites is 7. The van der Waals surface area contributed by atoms with Crippen molar-refractivity contribution in [2.24, 2.45) is 21.1 Å². The number of aryl methyl sites for hydroxylation is 10. The molecule has 0 saturated carbocycles. The summed E-state index contributed by atoms with van der Waals surface area (Å²) in [5, 5.41) is 2.29. The zero-order valence-electron chi connectivity index (χ0n) is 62.4. The molecular weight excluding hydrogens is 1270 g/mol. The van der Waals surface area contributed by atoms with Crippen LogP contribution in [0.1, 0.15) is 89.6 Å². The Kier molecular flexibility index (Phi) is 18.4. The summed E-state index contributed by atoms with van der Waals surface area (Å²) < 4.78 is 21.0. The summed E-state index contributed by atoms with van der Waals surface area (Å²) in [5.74, 6) is 4.30. The molecule has 17 aromatic rings. The second kappa shape index (κ2) is 28.1. The minimum absolute atomic E-state index is 0.377. The quantitative estimate of drug-likeness (QED) is 0.119. The van der Waals surface area contributed by atoms with Gasteiger partial charge in [0.15, 0.2) is 38.7 Å². The third-order valence-electron chi connectivity index (χ3n) is 21.2. The maximum absolute atomic E-state index is 6.57. The number of benzene rings is 13. The fourth-order valence-corrected chi connectivity index (χ4v) is 16.1. The van der Waals surface area contributed by atoms with Crippen molar-refractivity contribution in [2.45, 2.75) is 88.0 Å². The Morgan fingerprint density at radius 2 is 0.615 bits per heavy atom. The molecule has 17 rings (SSSR count). The Morgan fingerprint density at radius 1 is 0.279 bits per heavy atom. The lowest BCUT2D eigenvalue weighted by atomic mass is 9.88. The highest BCUT2D eigenvalue weighted by Gasteiger charge is 2.35. The van der Waals surface area contributed by atoms with Crippen LogP contribution in [0.25, 0.3) is 140 Å². The number of aromatic nitrogens is 6. The van der Waals surface area contributed by atoms with Gasteiger partial charge in [-0.1, -0.05) is 222 Å². The summed E-state index contributed by atoms with van der Waals surface area (Å²) in [6, 6.07) is 102. The van der Waals surface area contributed by atoms with E-state index in [1.165, 1.54) is 156 Å². The first-order valence-corrected chi connectivity index (χ1v) is 36.6. The maximum Gasteiger partial charge on any atom is 0.299 e. The highest BCUT2D eigenvalue weighted by atomic mass is 16.3. The zero-order valence-corrected chi connectivity index (χ0v) is 62.4. The van der Waals surface area contributed by atoms with Crippen LogP contribution < -0.4 is 13.7 Å². The van der Waals surface area contributed by atoms with E-state index in [0.29, 0.717) is 11.8 Å². The van der Waals surface area contributed by atoms with Crippen molar-refractivity contribution in [1.82, 2.24) is 13.7 Å². The lowest BCUT2D eigenvalue weighted by molar-refractivity contribution is -0.634. The second-order valence-electron chi connectivity index (χ2n) is 28.8.